The molecule has 0 saturated carbocycles. The van der Waals surface area contributed by atoms with E-state index in [4.69, 9.17) is 11.6 Å². The van der Waals surface area contributed by atoms with Gasteiger partial charge in [-0.1, -0.05) is 18.2 Å². The van der Waals surface area contributed by atoms with Gasteiger partial charge in [-0.25, -0.2) is 0 Å². The Morgan fingerprint density at radius 1 is 1.22 bits per heavy atom. The van der Waals surface area contributed by atoms with E-state index in [-0.39, 0.29) is 0 Å². The third kappa shape index (κ3) is 3.39. The van der Waals surface area contributed by atoms with Crippen LogP contribution in [0, 0.1) is 5.92 Å². The Morgan fingerprint density at radius 3 is 2.50 bits per heavy atom. The van der Waals surface area contributed by atoms with Gasteiger partial charge in [0.2, 0.25) is 0 Å². The molecule has 1 heterocycles. The Morgan fingerprint density at radius 2 is 1.89 bits per heavy atom. The second-order valence-electron chi connectivity index (χ2n) is 5.46. The molecule has 3 heteroatoms. The van der Waals surface area contributed by atoms with Crippen LogP contribution in [-0.2, 0) is 5.88 Å². The van der Waals surface area contributed by atoms with E-state index in [2.05, 4.69) is 48.2 Å². The van der Waals surface area contributed by atoms with Gasteiger partial charge in [0.05, 0.1) is 0 Å². The molecule has 0 radical (unpaired) electrons. The van der Waals surface area contributed by atoms with Gasteiger partial charge in [0.15, 0.2) is 0 Å². The minimum atomic E-state index is 0.605. The van der Waals surface area contributed by atoms with Gasteiger partial charge in [-0.15, -0.1) is 11.6 Å². The van der Waals surface area contributed by atoms with Crippen LogP contribution < -0.4 is 4.90 Å². The van der Waals surface area contributed by atoms with Crippen molar-refractivity contribution in [1.29, 1.82) is 0 Å². The summed E-state index contributed by atoms with van der Waals surface area (Å²) in [4.78, 5) is 4.79. The molecule has 1 aliphatic heterocycles. The quantitative estimate of drug-likeness (QED) is 0.773. The Bertz CT molecular complexity index is 371. The summed E-state index contributed by atoms with van der Waals surface area (Å²) >= 11 is 6.02. The lowest BCUT2D eigenvalue weighted by Crippen LogP contribution is -2.37. The van der Waals surface area contributed by atoms with Gasteiger partial charge in [-0.3, -0.25) is 0 Å². The number of anilines is 1. The van der Waals surface area contributed by atoms with E-state index in [9.17, 15) is 0 Å². The Kier molecular flexibility index (Phi) is 4.90. The van der Waals surface area contributed by atoms with Gasteiger partial charge in [-0.2, -0.15) is 0 Å². The standard InChI is InChI=1S/C15H23ClN2/c1-17(2)12-13-7-9-18(10-8-13)15-6-4-3-5-14(15)11-16/h3-6,13H,7-12H2,1-2H3. The summed E-state index contributed by atoms with van der Waals surface area (Å²) in [6, 6.07) is 8.51. The zero-order chi connectivity index (χ0) is 13.0. The van der Waals surface area contributed by atoms with Gasteiger partial charge in [0.25, 0.3) is 0 Å². The van der Waals surface area contributed by atoms with Gasteiger partial charge in [0, 0.05) is 31.2 Å². The fraction of sp³-hybridized carbons (Fsp3) is 0.600. The molecule has 1 aliphatic rings. The van der Waals surface area contributed by atoms with Crippen LogP contribution in [0.4, 0.5) is 5.69 Å². The molecule has 0 spiro atoms. The molecule has 0 unspecified atom stereocenters. The van der Waals surface area contributed by atoms with E-state index in [1.807, 2.05) is 0 Å². The van der Waals surface area contributed by atoms with Crippen LogP contribution in [0.2, 0.25) is 0 Å². The molecule has 0 bridgehead atoms. The highest BCUT2D eigenvalue weighted by atomic mass is 35.5. The average molecular weight is 267 g/mol. The highest BCUT2D eigenvalue weighted by molar-refractivity contribution is 6.17. The summed E-state index contributed by atoms with van der Waals surface area (Å²) in [5.41, 5.74) is 2.58. The first-order chi connectivity index (χ1) is 8.70. The van der Waals surface area contributed by atoms with E-state index < -0.39 is 0 Å². The first-order valence-corrected chi connectivity index (χ1v) is 7.27. The fourth-order valence-corrected chi connectivity index (χ4v) is 3.03. The largest absolute Gasteiger partial charge is 0.371 e. The second kappa shape index (κ2) is 6.44. The summed E-state index contributed by atoms with van der Waals surface area (Å²) in [5.74, 6) is 1.45. The maximum atomic E-state index is 6.02. The number of para-hydroxylation sites is 1. The first kappa shape index (κ1) is 13.7. The number of benzene rings is 1. The monoisotopic (exact) mass is 266 g/mol. The predicted molar refractivity (Wildman–Crippen MR) is 79.5 cm³/mol. The molecule has 1 fully saturated rings. The maximum Gasteiger partial charge on any atom is 0.0494 e. The molecule has 0 atom stereocenters. The van der Waals surface area contributed by atoms with Crippen molar-refractivity contribution in [3.8, 4) is 0 Å². The molecular weight excluding hydrogens is 244 g/mol. The molecule has 1 aromatic carbocycles. The van der Waals surface area contributed by atoms with Crippen LogP contribution in [0.5, 0.6) is 0 Å². The van der Waals surface area contributed by atoms with Crippen LogP contribution >= 0.6 is 11.6 Å². The average Bonchev–Trinajstić information content (AvgIpc) is 2.39. The molecule has 1 aromatic rings. The van der Waals surface area contributed by atoms with Crippen molar-refractivity contribution < 1.29 is 0 Å². The number of halogens is 1. The summed E-state index contributed by atoms with van der Waals surface area (Å²) in [7, 11) is 4.32. The van der Waals surface area contributed by atoms with Crippen LogP contribution in [0.25, 0.3) is 0 Å². The molecule has 1 saturated heterocycles. The maximum absolute atomic E-state index is 6.02. The number of alkyl halides is 1. The van der Waals surface area contributed by atoms with Crippen molar-refractivity contribution in [1.82, 2.24) is 4.90 Å². The smallest absolute Gasteiger partial charge is 0.0494 e. The van der Waals surface area contributed by atoms with E-state index in [0.717, 1.165) is 19.0 Å². The number of rotatable bonds is 4. The summed E-state index contributed by atoms with van der Waals surface area (Å²) in [5, 5.41) is 0. The Hall–Kier alpha value is -0.730. The fourth-order valence-electron chi connectivity index (χ4n) is 2.81. The van der Waals surface area contributed by atoms with Crippen molar-refractivity contribution in [2.24, 2.45) is 5.92 Å². The molecular formula is C15H23ClN2. The molecule has 0 N–H and O–H groups in total. The topological polar surface area (TPSA) is 6.48 Å². The normalized spacial score (nSPS) is 17.4. The van der Waals surface area contributed by atoms with Crippen LogP contribution in [0.15, 0.2) is 24.3 Å². The Labute approximate surface area is 116 Å². The van der Waals surface area contributed by atoms with Gasteiger partial charge in [0.1, 0.15) is 0 Å². The lowest BCUT2D eigenvalue weighted by molar-refractivity contribution is 0.285. The van der Waals surface area contributed by atoms with Crippen molar-refractivity contribution in [2.45, 2.75) is 18.7 Å². The third-order valence-electron chi connectivity index (χ3n) is 3.71. The predicted octanol–water partition coefficient (Wildman–Crippen LogP) is 3.20. The molecule has 0 amide bonds. The van der Waals surface area contributed by atoms with Crippen LogP contribution in [-0.4, -0.2) is 38.6 Å². The van der Waals surface area contributed by atoms with E-state index >= 15 is 0 Å². The zero-order valence-corrected chi connectivity index (χ0v) is 12.2. The van der Waals surface area contributed by atoms with E-state index in [1.54, 1.807) is 0 Å². The summed E-state index contributed by atoms with van der Waals surface area (Å²) in [6.07, 6.45) is 2.57. The van der Waals surface area contributed by atoms with Gasteiger partial charge < -0.3 is 9.80 Å². The lowest BCUT2D eigenvalue weighted by atomic mass is 9.95. The number of hydrogen-bond donors (Lipinski definition) is 0. The molecule has 2 nitrogen and oxygen atoms in total. The first-order valence-electron chi connectivity index (χ1n) is 6.74. The molecule has 2 rings (SSSR count). The zero-order valence-electron chi connectivity index (χ0n) is 11.4. The highest BCUT2D eigenvalue weighted by Crippen LogP contribution is 2.27. The minimum Gasteiger partial charge on any atom is -0.371 e. The van der Waals surface area contributed by atoms with Crippen molar-refractivity contribution in [2.75, 3.05) is 38.6 Å². The molecule has 100 valence electrons. The SMILES string of the molecule is CN(C)CC1CCN(c2ccccc2CCl)CC1. The van der Waals surface area contributed by atoms with Crippen molar-refractivity contribution in [3.05, 3.63) is 29.8 Å². The highest BCUT2D eigenvalue weighted by Gasteiger charge is 2.20. The van der Waals surface area contributed by atoms with Crippen LogP contribution in [0.1, 0.15) is 18.4 Å². The summed E-state index contributed by atoms with van der Waals surface area (Å²) in [6.45, 7) is 3.53. The van der Waals surface area contributed by atoms with Crippen molar-refractivity contribution in [3.63, 3.8) is 0 Å². The number of piperidine rings is 1. The number of hydrogen-bond acceptors (Lipinski definition) is 2. The Balaban J connectivity index is 1.97. The van der Waals surface area contributed by atoms with E-state index in [1.165, 1.54) is 30.6 Å². The number of nitrogens with zero attached hydrogens (tertiary/aromatic N) is 2. The second-order valence-corrected chi connectivity index (χ2v) is 5.72. The van der Waals surface area contributed by atoms with Gasteiger partial charge in [-0.05, 0) is 44.5 Å². The third-order valence-corrected chi connectivity index (χ3v) is 4.00. The van der Waals surface area contributed by atoms with Crippen LogP contribution in [0.3, 0.4) is 0 Å². The minimum absolute atomic E-state index is 0.605. The summed E-state index contributed by atoms with van der Waals surface area (Å²) < 4.78 is 0. The lowest BCUT2D eigenvalue weighted by Gasteiger charge is -2.35. The molecule has 0 aromatic heterocycles. The van der Waals surface area contributed by atoms with Crippen molar-refractivity contribution >= 4 is 17.3 Å². The van der Waals surface area contributed by atoms with Gasteiger partial charge >= 0.3 is 0 Å². The van der Waals surface area contributed by atoms with E-state index in [0.29, 0.717) is 5.88 Å². The molecule has 0 aliphatic carbocycles. The molecule has 18 heavy (non-hydrogen) atoms.